The molecule has 18 heavy (non-hydrogen) atoms. The van der Waals surface area contributed by atoms with Crippen LogP contribution < -0.4 is 5.73 Å². The first-order valence-electron chi connectivity index (χ1n) is 6.00. The molecule has 0 bridgehead atoms. The number of nitrogens with two attached hydrogens (primary N) is 1. The van der Waals surface area contributed by atoms with E-state index in [1.54, 1.807) is 0 Å². The van der Waals surface area contributed by atoms with Crippen molar-refractivity contribution in [1.82, 2.24) is 0 Å². The van der Waals surface area contributed by atoms with Gasteiger partial charge in [-0.3, -0.25) is 4.79 Å². The summed E-state index contributed by atoms with van der Waals surface area (Å²) in [5.74, 6) is -0.512. The normalized spacial score (nSPS) is 12.3. The Morgan fingerprint density at radius 3 is 2.61 bits per heavy atom. The molecule has 0 unspecified atom stereocenters. The van der Waals surface area contributed by atoms with Crippen molar-refractivity contribution in [1.29, 1.82) is 0 Å². The Labute approximate surface area is 107 Å². The number of methoxy groups -OCH3 is 1. The largest absolute Gasteiger partial charge is 0.469 e. The van der Waals surface area contributed by atoms with Gasteiger partial charge < -0.3 is 10.5 Å². The lowest BCUT2D eigenvalue weighted by Crippen LogP contribution is -2.26. The zero-order valence-electron chi connectivity index (χ0n) is 10.4. The molecule has 2 rings (SSSR count). The van der Waals surface area contributed by atoms with Crippen molar-refractivity contribution < 1.29 is 9.53 Å². The quantitative estimate of drug-likeness (QED) is 0.837. The highest BCUT2D eigenvalue weighted by molar-refractivity contribution is 5.83. The standard InChI is InChI=1S/C15H17NO2/c1-18-15(17)14(10-16)9-11-6-7-12-4-2-3-5-13(12)8-11/h2-8,14H,9-10,16H2,1H3/t14-/m0/s1. The van der Waals surface area contributed by atoms with Crippen LogP contribution >= 0.6 is 0 Å². The van der Waals surface area contributed by atoms with Gasteiger partial charge in [0.25, 0.3) is 0 Å². The van der Waals surface area contributed by atoms with Crippen molar-refractivity contribution in [2.45, 2.75) is 6.42 Å². The van der Waals surface area contributed by atoms with Crippen molar-refractivity contribution in [2.75, 3.05) is 13.7 Å². The second kappa shape index (κ2) is 5.65. The van der Waals surface area contributed by atoms with Crippen LogP contribution in [0.15, 0.2) is 42.5 Å². The molecule has 0 saturated carbocycles. The maximum atomic E-state index is 11.5. The lowest BCUT2D eigenvalue weighted by Gasteiger charge is -2.12. The smallest absolute Gasteiger partial charge is 0.310 e. The minimum Gasteiger partial charge on any atom is -0.469 e. The van der Waals surface area contributed by atoms with E-state index in [1.807, 2.05) is 18.2 Å². The molecule has 2 aromatic carbocycles. The van der Waals surface area contributed by atoms with Gasteiger partial charge in [0.1, 0.15) is 0 Å². The number of hydrogen-bond acceptors (Lipinski definition) is 3. The number of carbonyl (C=O) groups excluding carboxylic acids is 1. The summed E-state index contributed by atoms with van der Waals surface area (Å²) in [7, 11) is 1.39. The Bertz CT molecular complexity index is 551. The maximum absolute atomic E-state index is 11.5. The molecule has 94 valence electrons. The molecule has 0 aliphatic carbocycles. The van der Waals surface area contributed by atoms with Crippen LogP contribution in [-0.4, -0.2) is 19.6 Å². The van der Waals surface area contributed by atoms with Gasteiger partial charge in [0, 0.05) is 6.54 Å². The molecule has 2 aromatic rings. The average molecular weight is 243 g/mol. The number of carbonyl (C=O) groups is 1. The molecule has 0 saturated heterocycles. The molecule has 0 heterocycles. The summed E-state index contributed by atoms with van der Waals surface area (Å²) in [6, 6.07) is 14.4. The molecule has 0 aromatic heterocycles. The van der Waals surface area contributed by atoms with Gasteiger partial charge in [-0.05, 0) is 22.8 Å². The minimum atomic E-state index is -0.267. The van der Waals surface area contributed by atoms with Crippen LogP contribution in [0.25, 0.3) is 10.8 Å². The highest BCUT2D eigenvalue weighted by atomic mass is 16.5. The number of esters is 1. The summed E-state index contributed by atoms with van der Waals surface area (Å²) < 4.78 is 4.74. The van der Waals surface area contributed by atoms with E-state index in [0.717, 1.165) is 5.56 Å². The summed E-state index contributed by atoms with van der Waals surface area (Å²) in [6.07, 6.45) is 0.619. The first kappa shape index (κ1) is 12.6. The van der Waals surface area contributed by atoms with Crippen molar-refractivity contribution in [3.8, 4) is 0 Å². The number of benzene rings is 2. The third-order valence-corrected chi connectivity index (χ3v) is 3.12. The number of rotatable bonds is 4. The van der Waals surface area contributed by atoms with Crippen LogP contribution in [0.1, 0.15) is 5.56 Å². The van der Waals surface area contributed by atoms with Gasteiger partial charge in [-0.25, -0.2) is 0 Å². The van der Waals surface area contributed by atoms with Gasteiger partial charge in [-0.15, -0.1) is 0 Å². The van der Waals surface area contributed by atoms with Gasteiger partial charge in [0.05, 0.1) is 13.0 Å². The lowest BCUT2D eigenvalue weighted by molar-refractivity contribution is -0.145. The SMILES string of the molecule is COC(=O)[C@H](CN)Cc1ccc2ccccc2c1. The zero-order valence-corrected chi connectivity index (χ0v) is 10.4. The van der Waals surface area contributed by atoms with Crippen molar-refractivity contribution in [3.05, 3.63) is 48.0 Å². The van der Waals surface area contributed by atoms with E-state index in [-0.39, 0.29) is 11.9 Å². The fourth-order valence-electron chi connectivity index (χ4n) is 2.08. The molecule has 0 aliphatic rings. The fourth-order valence-corrected chi connectivity index (χ4v) is 2.08. The van der Waals surface area contributed by atoms with Crippen LogP contribution in [0.2, 0.25) is 0 Å². The van der Waals surface area contributed by atoms with Crippen molar-refractivity contribution in [3.63, 3.8) is 0 Å². The Hall–Kier alpha value is -1.87. The molecule has 0 amide bonds. The van der Waals surface area contributed by atoms with E-state index in [2.05, 4.69) is 24.3 Å². The third-order valence-electron chi connectivity index (χ3n) is 3.12. The van der Waals surface area contributed by atoms with Gasteiger partial charge in [-0.1, -0.05) is 42.5 Å². The Morgan fingerprint density at radius 2 is 1.94 bits per heavy atom. The van der Waals surface area contributed by atoms with E-state index < -0.39 is 0 Å². The fraction of sp³-hybridized carbons (Fsp3) is 0.267. The molecule has 0 fully saturated rings. The van der Waals surface area contributed by atoms with Crippen molar-refractivity contribution >= 4 is 16.7 Å². The molecule has 3 nitrogen and oxygen atoms in total. The molecular weight excluding hydrogens is 226 g/mol. The Kier molecular flexibility index (Phi) is 3.95. The molecule has 0 radical (unpaired) electrons. The molecule has 0 aliphatic heterocycles. The first-order valence-corrected chi connectivity index (χ1v) is 6.00. The second-order valence-electron chi connectivity index (χ2n) is 4.34. The summed E-state index contributed by atoms with van der Waals surface area (Å²) in [5.41, 5.74) is 6.71. The van der Waals surface area contributed by atoms with Gasteiger partial charge in [-0.2, -0.15) is 0 Å². The predicted molar refractivity (Wildman–Crippen MR) is 72.2 cm³/mol. The van der Waals surface area contributed by atoms with Crippen molar-refractivity contribution in [2.24, 2.45) is 11.7 Å². The lowest BCUT2D eigenvalue weighted by atomic mass is 9.97. The average Bonchev–Trinajstić information content (AvgIpc) is 2.43. The first-order chi connectivity index (χ1) is 8.74. The van der Waals surface area contributed by atoms with Crippen LogP contribution in [-0.2, 0) is 16.0 Å². The van der Waals surface area contributed by atoms with Crippen LogP contribution in [0, 0.1) is 5.92 Å². The highest BCUT2D eigenvalue weighted by Gasteiger charge is 2.17. The third kappa shape index (κ3) is 2.68. The number of ether oxygens (including phenoxy) is 1. The number of hydrogen-bond donors (Lipinski definition) is 1. The van der Waals surface area contributed by atoms with Crippen LogP contribution in [0.3, 0.4) is 0 Å². The monoisotopic (exact) mass is 243 g/mol. The van der Waals surface area contributed by atoms with Crippen LogP contribution in [0.4, 0.5) is 0 Å². The van der Waals surface area contributed by atoms with E-state index >= 15 is 0 Å². The molecule has 2 N–H and O–H groups in total. The predicted octanol–water partition coefficient (Wildman–Crippen LogP) is 2.13. The van der Waals surface area contributed by atoms with E-state index in [4.69, 9.17) is 10.5 Å². The summed E-state index contributed by atoms with van der Waals surface area (Å²) in [6.45, 7) is 0.305. The summed E-state index contributed by atoms with van der Waals surface area (Å²) in [5, 5.41) is 2.37. The Morgan fingerprint density at radius 1 is 1.22 bits per heavy atom. The van der Waals surface area contributed by atoms with Crippen LogP contribution in [0.5, 0.6) is 0 Å². The topological polar surface area (TPSA) is 52.3 Å². The molecular formula is C15H17NO2. The molecule has 1 atom stereocenters. The summed E-state index contributed by atoms with van der Waals surface area (Å²) >= 11 is 0. The highest BCUT2D eigenvalue weighted by Crippen LogP contribution is 2.18. The molecule has 0 spiro atoms. The minimum absolute atomic E-state index is 0.245. The Balaban J connectivity index is 2.23. The maximum Gasteiger partial charge on any atom is 0.310 e. The van der Waals surface area contributed by atoms with Gasteiger partial charge in [0.2, 0.25) is 0 Å². The van der Waals surface area contributed by atoms with E-state index in [9.17, 15) is 4.79 Å². The number of fused-ring (bicyclic) bond motifs is 1. The van der Waals surface area contributed by atoms with Gasteiger partial charge in [0.15, 0.2) is 0 Å². The summed E-state index contributed by atoms with van der Waals surface area (Å²) in [4.78, 5) is 11.5. The van der Waals surface area contributed by atoms with E-state index in [0.29, 0.717) is 13.0 Å². The van der Waals surface area contributed by atoms with E-state index in [1.165, 1.54) is 17.9 Å². The second-order valence-corrected chi connectivity index (χ2v) is 4.34. The zero-order chi connectivity index (χ0) is 13.0. The molecule has 3 heteroatoms. The van der Waals surface area contributed by atoms with Gasteiger partial charge >= 0.3 is 5.97 Å².